The molecule has 4 nitrogen and oxygen atoms in total. The second kappa shape index (κ2) is 7.75. The maximum absolute atomic E-state index is 13.2. The minimum Gasteiger partial charge on any atom is -0.368 e. The quantitative estimate of drug-likeness (QED) is 0.675. The average molecular weight is 388 g/mol. The number of hydrogen-bond acceptors (Lipinski definition) is 4. The fraction of sp³-hybridized carbons (Fsp3) is 0.333. The number of para-hydroxylation sites is 1. The summed E-state index contributed by atoms with van der Waals surface area (Å²) in [7, 11) is 3.95. The molecule has 28 heavy (non-hydrogen) atoms. The second-order valence-electron chi connectivity index (χ2n) is 7.18. The first-order valence-corrected chi connectivity index (χ1v) is 9.00. The fourth-order valence-electron chi connectivity index (χ4n) is 3.03. The summed E-state index contributed by atoms with van der Waals surface area (Å²) in [5.74, 6) is 0.906. The first-order valence-electron chi connectivity index (χ1n) is 9.00. The number of anilines is 1. The van der Waals surface area contributed by atoms with Crippen LogP contribution in [0.25, 0.3) is 22.3 Å². The van der Waals surface area contributed by atoms with E-state index in [2.05, 4.69) is 15.3 Å². The number of hydrogen-bond donors (Lipinski definition) is 1. The Hall–Kier alpha value is -2.67. The predicted molar refractivity (Wildman–Crippen MR) is 106 cm³/mol. The van der Waals surface area contributed by atoms with Crippen molar-refractivity contribution in [1.29, 1.82) is 0 Å². The maximum atomic E-state index is 13.2. The van der Waals surface area contributed by atoms with Crippen molar-refractivity contribution in [2.45, 2.75) is 20.0 Å². The van der Waals surface area contributed by atoms with E-state index in [4.69, 9.17) is 0 Å². The lowest BCUT2D eigenvalue weighted by molar-refractivity contribution is -0.137. The molecular formula is C21H23F3N4. The van der Waals surface area contributed by atoms with E-state index < -0.39 is 11.7 Å². The Labute approximate surface area is 162 Å². The lowest BCUT2D eigenvalue weighted by Crippen LogP contribution is -2.21. The summed E-state index contributed by atoms with van der Waals surface area (Å²) in [4.78, 5) is 11.2. The van der Waals surface area contributed by atoms with Crippen molar-refractivity contribution in [3.63, 3.8) is 0 Å². The van der Waals surface area contributed by atoms with Gasteiger partial charge in [-0.1, -0.05) is 12.1 Å². The van der Waals surface area contributed by atoms with Crippen molar-refractivity contribution in [3.8, 4) is 11.4 Å². The van der Waals surface area contributed by atoms with Crippen molar-refractivity contribution < 1.29 is 13.2 Å². The van der Waals surface area contributed by atoms with Crippen LogP contribution >= 0.6 is 0 Å². The summed E-state index contributed by atoms with van der Waals surface area (Å²) in [6.45, 7) is 5.03. The van der Waals surface area contributed by atoms with Crippen LogP contribution in [0.15, 0.2) is 36.4 Å². The van der Waals surface area contributed by atoms with Gasteiger partial charge in [0.25, 0.3) is 0 Å². The highest BCUT2D eigenvalue weighted by molar-refractivity contribution is 5.92. The van der Waals surface area contributed by atoms with Gasteiger partial charge < -0.3 is 10.2 Å². The first-order chi connectivity index (χ1) is 13.1. The number of likely N-dealkylation sites (N-methyl/N-ethyl adjacent to an activating group) is 1. The van der Waals surface area contributed by atoms with Crippen LogP contribution in [0.5, 0.6) is 0 Å². The Morgan fingerprint density at radius 1 is 1.04 bits per heavy atom. The molecule has 7 heteroatoms. The van der Waals surface area contributed by atoms with Gasteiger partial charge in [0.05, 0.1) is 11.1 Å². The summed E-state index contributed by atoms with van der Waals surface area (Å²) >= 11 is 0. The molecule has 3 rings (SSSR count). The molecule has 1 heterocycles. The van der Waals surface area contributed by atoms with Crippen LogP contribution in [0, 0.1) is 13.8 Å². The number of benzene rings is 2. The van der Waals surface area contributed by atoms with E-state index in [1.807, 2.05) is 44.1 Å². The summed E-state index contributed by atoms with van der Waals surface area (Å²) < 4.78 is 39.7. The van der Waals surface area contributed by atoms with Gasteiger partial charge in [-0.3, -0.25) is 0 Å². The van der Waals surface area contributed by atoms with Gasteiger partial charge in [0, 0.05) is 24.0 Å². The molecule has 0 aliphatic carbocycles. The van der Waals surface area contributed by atoms with Gasteiger partial charge in [-0.05, 0) is 63.3 Å². The predicted octanol–water partition coefficient (Wildman–Crippen LogP) is 4.91. The van der Waals surface area contributed by atoms with Crippen molar-refractivity contribution >= 4 is 16.7 Å². The average Bonchev–Trinajstić information content (AvgIpc) is 2.60. The summed E-state index contributed by atoms with van der Waals surface area (Å²) in [5.41, 5.74) is 1.85. The SMILES string of the molecule is Cc1cc(-c2nc(NCCN(C)C)c3cccc(C)c3n2)cc(C(F)(F)F)c1. The molecule has 0 aliphatic rings. The van der Waals surface area contributed by atoms with E-state index >= 15 is 0 Å². The highest BCUT2D eigenvalue weighted by atomic mass is 19.4. The van der Waals surface area contributed by atoms with E-state index in [0.717, 1.165) is 35.1 Å². The molecule has 0 saturated carbocycles. The smallest absolute Gasteiger partial charge is 0.368 e. The number of fused-ring (bicyclic) bond motifs is 1. The minimum atomic E-state index is -4.42. The number of halogens is 3. The van der Waals surface area contributed by atoms with Crippen LogP contribution in [0.3, 0.4) is 0 Å². The topological polar surface area (TPSA) is 41.1 Å². The van der Waals surface area contributed by atoms with E-state index in [0.29, 0.717) is 23.5 Å². The number of rotatable bonds is 5. The Balaban J connectivity index is 2.14. The van der Waals surface area contributed by atoms with Crippen molar-refractivity contribution in [3.05, 3.63) is 53.1 Å². The molecule has 3 aromatic rings. The van der Waals surface area contributed by atoms with Crippen molar-refractivity contribution in [2.24, 2.45) is 0 Å². The van der Waals surface area contributed by atoms with Crippen LogP contribution in [0.1, 0.15) is 16.7 Å². The third kappa shape index (κ3) is 4.42. The number of alkyl halides is 3. The molecule has 0 aliphatic heterocycles. The van der Waals surface area contributed by atoms with Crippen molar-refractivity contribution in [2.75, 3.05) is 32.5 Å². The lowest BCUT2D eigenvalue weighted by atomic mass is 10.0. The Morgan fingerprint density at radius 2 is 1.79 bits per heavy atom. The zero-order valence-electron chi connectivity index (χ0n) is 16.4. The minimum absolute atomic E-state index is 0.281. The number of aryl methyl sites for hydroxylation is 2. The fourth-order valence-corrected chi connectivity index (χ4v) is 3.03. The zero-order valence-corrected chi connectivity index (χ0v) is 16.4. The number of nitrogens with zero attached hydrogens (tertiary/aromatic N) is 3. The van der Waals surface area contributed by atoms with E-state index in [-0.39, 0.29) is 5.82 Å². The molecule has 1 N–H and O–H groups in total. The third-order valence-electron chi connectivity index (χ3n) is 4.44. The van der Waals surface area contributed by atoms with Crippen LogP contribution in [0.2, 0.25) is 0 Å². The van der Waals surface area contributed by atoms with Crippen molar-refractivity contribution in [1.82, 2.24) is 14.9 Å². The molecule has 1 aromatic heterocycles. The monoisotopic (exact) mass is 388 g/mol. The van der Waals surface area contributed by atoms with Crippen LogP contribution < -0.4 is 5.32 Å². The zero-order chi connectivity index (χ0) is 20.5. The molecule has 0 atom stereocenters. The molecule has 2 aromatic carbocycles. The van der Waals surface area contributed by atoms with Crippen LogP contribution in [-0.2, 0) is 6.18 Å². The van der Waals surface area contributed by atoms with E-state index in [9.17, 15) is 13.2 Å². The lowest BCUT2D eigenvalue weighted by Gasteiger charge is -2.15. The normalized spacial score (nSPS) is 12.0. The van der Waals surface area contributed by atoms with Gasteiger partial charge in [0.2, 0.25) is 0 Å². The molecule has 0 spiro atoms. The molecule has 148 valence electrons. The van der Waals surface area contributed by atoms with Gasteiger partial charge >= 0.3 is 6.18 Å². The first kappa shape index (κ1) is 20.1. The highest BCUT2D eigenvalue weighted by Gasteiger charge is 2.31. The van der Waals surface area contributed by atoms with E-state index in [1.165, 1.54) is 0 Å². The Morgan fingerprint density at radius 3 is 2.46 bits per heavy atom. The summed E-state index contributed by atoms with van der Waals surface area (Å²) in [5, 5.41) is 4.15. The van der Waals surface area contributed by atoms with Gasteiger partial charge in [0.15, 0.2) is 5.82 Å². The van der Waals surface area contributed by atoms with Gasteiger partial charge in [-0.25, -0.2) is 9.97 Å². The standard InChI is InChI=1S/C21H23F3N4/c1-13-10-15(12-16(11-13)21(22,23)24)19-26-18-14(2)6-5-7-17(18)20(27-19)25-8-9-28(3)4/h5-7,10-12H,8-9H2,1-4H3,(H,25,26,27). The van der Waals surface area contributed by atoms with E-state index in [1.54, 1.807) is 13.0 Å². The van der Waals surface area contributed by atoms with Gasteiger partial charge in [0.1, 0.15) is 5.82 Å². The molecular weight excluding hydrogens is 365 g/mol. The number of nitrogens with one attached hydrogen (secondary N) is 1. The molecule has 0 fully saturated rings. The maximum Gasteiger partial charge on any atom is 0.416 e. The largest absolute Gasteiger partial charge is 0.416 e. The third-order valence-corrected chi connectivity index (χ3v) is 4.44. The Kier molecular flexibility index (Phi) is 5.56. The Bertz CT molecular complexity index is 997. The highest BCUT2D eigenvalue weighted by Crippen LogP contribution is 2.34. The second-order valence-corrected chi connectivity index (χ2v) is 7.18. The van der Waals surface area contributed by atoms with Gasteiger partial charge in [-0.2, -0.15) is 13.2 Å². The summed E-state index contributed by atoms with van der Waals surface area (Å²) in [6, 6.07) is 9.69. The molecule has 0 unspecified atom stereocenters. The number of aromatic nitrogens is 2. The molecule has 0 radical (unpaired) electrons. The molecule has 0 amide bonds. The van der Waals surface area contributed by atoms with Crippen LogP contribution in [-0.4, -0.2) is 42.1 Å². The van der Waals surface area contributed by atoms with Crippen LogP contribution in [0.4, 0.5) is 19.0 Å². The molecule has 0 saturated heterocycles. The van der Waals surface area contributed by atoms with Gasteiger partial charge in [-0.15, -0.1) is 0 Å². The summed E-state index contributed by atoms with van der Waals surface area (Å²) in [6.07, 6.45) is -4.42. The molecule has 0 bridgehead atoms.